The number of carbonyl (C=O) groups excluding carboxylic acids is 3. The Bertz CT molecular complexity index is 584. The second-order valence-corrected chi connectivity index (χ2v) is 6.19. The normalized spacial score (nSPS) is 9.26. The van der Waals surface area contributed by atoms with Crippen LogP contribution >= 0.6 is 0 Å². The molecule has 1 atom stereocenters. The fourth-order valence-electron chi connectivity index (χ4n) is 1.48. The van der Waals surface area contributed by atoms with Crippen LogP contribution in [0.1, 0.15) is 72.3 Å². The smallest absolute Gasteiger partial charge is 0.460 e. The first-order valence-corrected chi connectivity index (χ1v) is 8.91. The van der Waals surface area contributed by atoms with E-state index >= 15 is 0 Å². The van der Waals surface area contributed by atoms with E-state index in [-0.39, 0.29) is 94.3 Å². The highest BCUT2D eigenvalue weighted by atomic mass is 16.7. The van der Waals surface area contributed by atoms with Gasteiger partial charge < -0.3 is 28.2 Å². The van der Waals surface area contributed by atoms with Crippen molar-refractivity contribution in [3.05, 3.63) is 36.5 Å². The van der Waals surface area contributed by atoms with Crippen LogP contribution in [0.5, 0.6) is 0 Å². The Balaban J connectivity index is -0.000000261. The van der Waals surface area contributed by atoms with Gasteiger partial charge in [-0.15, -0.1) is 0 Å². The molecule has 0 aliphatic carbocycles. The van der Waals surface area contributed by atoms with Crippen molar-refractivity contribution in [3.8, 4) is 0 Å². The summed E-state index contributed by atoms with van der Waals surface area (Å²) in [5.74, 6) is -1.63. The Morgan fingerprint density at radius 2 is 0.943 bits per heavy atom. The third-order valence-electron chi connectivity index (χ3n) is 2.98. The minimum atomic E-state index is -1.17. The van der Waals surface area contributed by atoms with Crippen LogP contribution < -0.4 is 0 Å². The number of ether oxygens (including phenoxy) is 3. The Morgan fingerprint density at radius 1 is 0.629 bits per heavy atom. The van der Waals surface area contributed by atoms with Gasteiger partial charge >= 0.3 is 25.2 Å². The second-order valence-electron chi connectivity index (χ2n) is 6.19. The molecule has 0 aromatic heterocycles. The molecule has 0 aromatic carbocycles. The SMILES string of the molecule is C.C.C.C.C.C.C=C(C)C(=O)OCCOB(OCCOC(=O)C(=C)C)OC(C)COC(=O)C(=C)C. The van der Waals surface area contributed by atoms with Crippen molar-refractivity contribution in [2.24, 2.45) is 0 Å². The molecule has 0 heterocycles. The maximum absolute atomic E-state index is 11.4. The molecule has 1 unspecified atom stereocenters. The van der Waals surface area contributed by atoms with Gasteiger partial charge in [-0.1, -0.05) is 64.3 Å². The van der Waals surface area contributed by atoms with E-state index in [9.17, 15) is 14.4 Å². The van der Waals surface area contributed by atoms with E-state index in [1.165, 1.54) is 20.8 Å². The minimum absolute atomic E-state index is 0. The first-order valence-electron chi connectivity index (χ1n) is 8.91. The summed E-state index contributed by atoms with van der Waals surface area (Å²) < 4.78 is 31.1. The Kier molecular flexibility index (Phi) is 39.5. The second kappa shape index (κ2) is 27.8. The van der Waals surface area contributed by atoms with Crippen molar-refractivity contribution >= 4 is 25.2 Å². The zero-order chi connectivity index (χ0) is 22.4. The van der Waals surface area contributed by atoms with Crippen molar-refractivity contribution < 1.29 is 42.6 Å². The van der Waals surface area contributed by atoms with Crippen LogP contribution in [0.25, 0.3) is 0 Å². The van der Waals surface area contributed by atoms with Crippen LogP contribution in [-0.2, 0) is 42.6 Å². The van der Waals surface area contributed by atoms with Crippen molar-refractivity contribution in [1.29, 1.82) is 0 Å². The molecule has 9 nitrogen and oxygen atoms in total. The quantitative estimate of drug-likeness (QED) is 0.0920. The summed E-state index contributed by atoms with van der Waals surface area (Å²) in [6.07, 6.45) is -0.570. The predicted molar refractivity (Wildman–Crippen MR) is 146 cm³/mol. The van der Waals surface area contributed by atoms with Gasteiger partial charge in [0.25, 0.3) is 0 Å². The molecule has 0 aliphatic rings. The van der Waals surface area contributed by atoms with Gasteiger partial charge in [0, 0.05) is 16.7 Å². The molecule has 0 amide bonds. The molecule has 10 heteroatoms. The zero-order valence-corrected chi connectivity index (χ0v) is 17.5. The monoisotopic (exact) mass is 508 g/mol. The lowest BCUT2D eigenvalue weighted by molar-refractivity contribution is -0.141. The largest absolute Gasteiger partial charge is 0.639 e. The van der Waals surface area contributed by atoms with Gasteiger partial charge in [0.05, 0.1) is 19.3 Å². The van der Waals surface area contributed by atoms with E-state index in [1.54, 1.807) is 6.92 Å². The van der Waals surface area contributed by atoms with Crippen LogP contribution in [0.2, 0.25) is 0 Å². The number of esters is 3. The summed E-state index contributed by atoms with van der Waals surface area (Å²) in [4.78, 5) is 34.1. The zero-order valence-electron chi connectivity index (χ0n) is 17.5. The molecular weight excluding hydrogens is 455 g/mol. The van der Waals surface area contributed by atoms with Crippen molar-refractivity contribution in [2.45, 2.75) is 78.4 Å². The third kappa shape index (κ3) is 26.0. The first kappa shape index (κ1) is 49.7. The summed E-state index contributed by atoms with van der Waals surface area (Å²) in [6.45, 7) is 16.5. The molecule has 0 aromatic rings. The van der Waals surface area contributed by atoms with E-state index in [0.717, 1.165) is 0 Å². The Labute approximate surface area is 216 Å². The molecular formula is C25H53BO9. The molecule has 0 fully saturated rings. The van der Waals surface area contributed by atoms with E-state index in [4.69, 9.17) is 28.2 Å². The highest BCUT2D eigenvalue weighted by Gasteiger charge is 2.25. The van der Waals surface area contributed by atoms with Gasteiger partial charge in [-0.2, -0.15) is 0 Å². The van der Waals surface area contributed by atoms with Gasteiger partial charge in [0.15, 0.2) is 0 Å². The average molecular weight is 509 g/mol. The Hall–Kier alpha value is -2.43. The van der Waals surface area contributed by atoms with Crippen molar-refractivity contribution in [2.75, 3.05) is 33.0 Å². The molecule has 35 heavy (non-hydrogen) atoms. The maximum Gasteiger partial charge on any atom is 0.639 e. The van der Waals surface area contributed by atoms with E-state index in [1.807, 2.05) is 0 Å². The summed E-state index contributed by atoms with van der Waals surface area (Å²) >= 11 is 0. The van der Waals surface area contributed by atoms with E-state index in [0.29, 0.717) is 0 Å². The first-order chi connectivity index (χ1) is 13.5. The lowest BCUT2D eigenvalue weighted by Gasteiger charge is -2.19. The van der Waals surface area contributed by atoms with Gasteiger partial charge in [-0.3, -0.25) is 0 Å². The lowest BCUT2D eigenvalue weighted by Crippen LogP contribution is -2.35. The molecule has 0 radical (unpaired) electrons. The number of carbonyl (C=O) groups is 3. The summed E-state index contributed by atoms with van der Waals surface area (Å²) in [5.41, 5.74) is 0.794. The third-order valence-corrected chi connectivity index (χ3v) is 2.98. The number of hydrogen-bond donors (Lipinski definition) is 0. The topological polar surface area (TPSA) is 107 Å². The molecule has 0 rings (SSSR count). The van der Waals surface area contributed by atoms with Crippen molar-refractivity contribution in [3.63, 3.8) is 0 Å². The fourth-order valence-corrected chi connectivity index (χ4v) is 1.48. The maximum atomic E-state index is 11.4. The van der Waals surface area contributed by atoms with Crippen LogP contribution in [0.3, 0.4) is 0 Å². The highest BCUT2D eigenvalue weighted by Crippen LogP contribution is 2.03. The molecule has 0 bridgehead atoms. The van der Waals surface area contributed by atoms with Crippen LogP contribution in [0.15, 0.2) is 36.5 Å². The summed E-state index contributed by atoms with van der Waals surface area (Å²) in [6, 6.07) is 0. The van der Waals surface area contributed by atoms with Gasteiger partial charge in [-0.05, 0) is 27.7 Å². The average Bonchev–Trinajstić information content (AvgIpc) is 2.65. The molecule has 0 N–H and O–H groups in total. The Morgan fingerprint density at radius 3 is 1.26 bits per heavy atom. The minimum Gasteiger partial charge on any atom is -0.460 e. The molecule has 0 saturated heterocycles. The van der Waals surface area contributed by atoms with Crippen LogP contribution in [0.4, 0.5) is 0 Å². The van der Waals surface area contributed by atoms with Crippen molar-refractivity contribution in [1.82, 2.24) is 0 Å². The fraction of sp³-hybridized carbons (Fsp3) is 0.640. The number of rotatable bonds is 15. The van der Waals surface area contributed by atoms with E-state index < -0.39 is 31.3 Å². The number of hydrogen-bond acceptors (Lipinski definition) is 9. The standard InChI is InChI=1S/C19H29BO9.6CH4/c1-13(2)17(21)24-8-10-27-20(28-11-9-25-18(22)14(3)4)29-16(7)12-26-19(23)15(5)6;;;;;;/h16H,1,3,5,8-12H2,2,4,6-7H3;6*1H4. The molecule has 210 valence electrons. The lowest BCUT2D eigenvalue weighted by atomic mass is 10.2. The highest BCUT2D eigenvalue weighted by molar-refractivity contribution is 6.36. The molecule has 0 spiro atoms. The summed E-state index contributed by atoms with van der Waals surface area (Å²) in [5, 5.41) is 0. The van der Waals surface area contributed by atoms with Gasteiger partial charge in [0.2, 0.25) is 0 Å². The predicted octanol–water partition coefficient (Wildman–Crippen LogP) is 5.58. The van der Waals surface area contributed by atoms with Gasteiger partial charge in [0.1, 0.15) is 19.8 Å². The van der Waals surface area contributed by atoms with Crippen LogP contribution in [0, 0.1) is 0 Å². The van der Waals surface area contributed by atoms with E-state index in [2.05, 4.69) is 19.7 Å². The van der Waals surface area contributed by atoms with Crippen LogP contribution in [-0.4, -0.2) is 64.4 Å². The molecule has 0 saturated carbocycles. The molecule has 0 aliphatic heterocycles. The summed E-state index contributed by atoms with van der Waals surface area (Å²) in [7, 11) is -1.17. The van der Waals surface area contributed by atoms with Gasteiger partial charge in [-0.25, -0.2) is 14.4 Å².